The molecule has 1 aliphatic heterocycles. The third-order valence-corrected chi connectivity index (χ3v) is 5.57. The zero-order valence-corrected chi connectivity index (χ0v) is 17.6. The van der Waals surface area contributed by atoms with Gasteiger partial charge < -0.3 is 10.1 Å². The van der Waals surface area contributed by atoms with Crippen LogP contribution in [0.5, 0.6) is 0 Å². The topological polar surface area (TPSA) is 59.4 Å². The molecule has 1 unspecified atom stereocenters. The molecule has 1 aromatic carbocycles. The smallest absolute Gasteiger partial charge is 0.261 e. The van der Waals surface area contributed by atoms with Gasteiger partial charge in [0.05, 0.1) is 30.1 Å². The third-order valence-electron chi connectivity index (χ3n) is 5.57. The molecule has 154 valence electrons. The number of nitrogens with zero attached hydrogens (tertiary/aromatic N) is 3. The second kappa shape index (κ2) is 9.63. The molecule has 6 heteroatoms. The van der Waals surface area contributed by atoms with Crippen LogP contribution in [-0.2, 0) is 11.3 Å². The molecular weight excluding hydrogens is 352 g/mol. The number of para-hydroxylation sites is 1. The molecule has 1 aromatic heterocycles. The van der Waals surface area contributed by atoms with E-state index in [0.717, 1.165) is 43.7 Å². The van der Waals surface area contributed by atoms with Crippen molar-refractivity contribution < 1.29 is 4.74 Å². The van der Waals surface area contributed by atoms with E-state index in [4.69, 9.17) is 9.72 Å². The summed E-state index contributed by atoms with van der Waals surface area (Å²) in [6, 6.07) is 8.66. The first-order valence-corrected chi connectivity index (χ1v) is 10.5. The summed E-state index contributed by atoms with van der Waals surface area (Å²) in [4.78, 5) is 20.8. The van der Waals surface area contributed by atoms with Crippen molar-refractivity contribution in [1.82, 2.24) is 19.8 Å². The molecular formula is C22H34N4O2. The molecule has 1 N–H and O–H groups in total. The summed E-state index contributed by atoms with van der Waals surface area (Å²) in [5.41, 5.74) is 0.823. The van der Waals surface area contributed by atoms with Crippen LogP contribution in [0.2, 0.25) is 0 Å². The zero-order valence-electron chi connectivity index (χ0n) is 17.6. The van der Waals surface area contributed by atoms with Gasteiger partial charge in [0, 0.05) is 32.3 Å². The molecule has 0 amide bonds. The Morgan fingerprint density at radius 1 is 1.25 bits per heavy atom. The molecule has 3 rings (SSSR count). The molecule has 1 saturated heterocycles. The number of rotatable bonds is 8. The Balaban J connectivity index is 2.10. The number of piperazine rings is 1. The van der Waals surface area contributed by atoms with Crippen molar-refractivity contribution in [2.75, 3.05) is 26.8 Å². The minimum atomic E-state index is 0.0374. The van der Waals surface area contributed by atoms with Crippen molar-refractivity contribution >= 4 is 10.9 Å². The number of hydrogen-bond acceptors (Lipinski definition) is 5. The molecule has 3 atom stereocenters. The SMILES string of the molecule is CCCCC(c1nc2ccccc2c(=O)n1CCOC)N1C[C@@H](C)N[C@@H](C)C1. The van der Waals surface area contributed by atoms with Gasteiger partial charge in [-0.05, 0) is 32.4 Å². The van der Waals surface area contributed by atoms with Gasteiger partial charge in [-0.3, -0.25) is 14.3 Å². The normalized spacial score (nSPS) is 21.9. The Hall–Kier alpha value is -1.76. The first-order chi connectivity index (χ1) is 13.5. The molecule has 0 bridgehead atoms. The van der Waals surface area contributed by atoms with Gasteiger partial charge in [0.1, 0.15) is 5.82 Å². The van der Waals surface area contributed by atoms with Crippen molar-refractivity contribution in [2.24, 2.45) is 0 Å². The second-order valence-electron chi connectivity index (χ2n) is 8.02. The van der Waals surface area contributed by atoms with E-state index < -0.39 is 0 Å². The van der Waals surface area contributed by atoms with Crippen LogP contribution in [0.1, 0.15) is 51.9 Å². The molecule has 28 heavy (non-hydrogen) atoms. The summed E-state index contributed by atoms with van der Waals surface area (Å²) in [5, 5.41) is 4.29. The Morgan fingerprint density at radius 3 is 2.64 bits per heavy atom. The Kier molecular flexibility index (Phi) is 7.21. The highest BCUT2D eigenvalue weighted by molar-refractivity contribution is 5.77. The van der Waals surface area contributed by atoms with E-state index in [1.807, 2.05) is 28.8 Å². The fraction of sp³-hybridized carbons (Fsp3) is 0.636. The van der Waals surface area contributed by atoms with E-state index in [2.05, 4.69) is 31.0 Å². The molecule has 6 nitrogen and oxygen atoms in total. The van der Waals surface area contributed by atoms with Crippen LogP contribution in [0.15, 0.2) is 29.1 Å². The summed E-state index contributed by atoms with van der Waals surface area (Å²) in [6.45, 7) is 9.63. The van der Waals surface area contributed by atoms with Gasteiger partial charge >= 0.3 is 0 Å². The van der Waals surface area contributed by atoms with Gasteiger partial charge in [0.2, 0.25) is 0 Å². The number of methoxy groups -OCH3 is 1. The molecule has 2 heterocycles. The predicted octanol–water partition coefficient (Wildman–Crippen LogP) is 2.96. The van der Waals surface area contributed by atoms with Crippen LogP contribution in [-0.4, -0.2) is 53.3 Å². The number of hydrogen-bond donors (Lipinski definition) is 1. The molecule has 1 fully saturated rings. The van der Waals surface area contributed by atoms with Crippen molar-refractivity contribution in [1.29, 1.82) is 0 Å². The van der Waals surface area contributed by atoms with Crippen molar-refractivity contribution in [3.05, 3.63) is 40.4 Å². The fourth-order valence-electron chi connectivity index (χ4n) is 4.33. The standard InChI is InChI=1S/C22H34N4O2/c1-5-6-11-20(25-14-16(2)23-17(3)15-25)21-24-19-10-8-7-9-18(19)22(27)26(21)12-13-28-4/h7-10,16-17,20,23H,5-6,11-15H2,1-4H3/t16-,17+,20?. The van der Waals surface area contributed by atoms with Gasteiger partial charge in [-0.1, -0.05) is 31.9 Å². The molecule has 0 aliphatic carbocycles. The molecule has 0 spiro atoms. The van der Waals surface area contributed by atoms with E-state index in [0.29, 0.717) is 30.6 Å². The summed E-state index contributed by atoms with van der Waals surface area (Å²) in [7, 11) is 1.67. The van der Waals surface area contributed by atoms with Crippen LogP contribution in [0.25, 0.3) is 10.9 Å². The summed E-state index contributed by atoms with van der Waals surface area (Å²) in [5.74, 6) is 0.885. The van der Waals surface area contributed by atoms with Gasteiger partial charge in [-0.2, -0.15) is 0 Å². The van der Waals surface area contributed by atoms with Gasteiger partial charge in [0.15, 0.2) is 0 Å². The third kappa shape index (κ3) is 4.62. The monoisotopic (exact) mass is 386 g/mol. The van der Waals surface area contributed by atoms with Gasteiger partial charge in [-0.25, -0.2) is 4.98 Å². The minimum absolute atomic E-state index is 0.0374. The van der Waals surface area contributed by atoms with E-state index in [9.17, 15) is 4.79 Å². The number of nitrogens with one attached hydrogen (secondary N) is 1. The van der Waals surface area contributed by atoms with E-state index in [1.54, 1.807) is 7.11 Å². The molecule has 0 radical (unpaired) electrons. The number of ether oxygens (including phenoxy) is 1. The largest absolute Gasteiger partial charge is 0.383 e. The lowest BCUT2D eigenvalue weighted by atomic mass is 10.0. The number of unbranched alkanes of at least 4 members (excludes halogenated alkanes) is 1. The van der Waals surface area contributed by atoms with Crippen molar-refractivity contribution in [2.45, 2.75) is 64.7 Å². The first-order valence-electron chi connectivity index (χ1n) is 10.5. The number of aromatic nitrogens is 2. The maximum Gasteiger partial charge on any atom is 0.261 e. The predicted molar refractivity (Wildman–Crippen MR) is 114 cm³/mol. The zero-order chi connectivity index (χ0) is 20.1. The lowest BCUT2D eigenvalue weighted by Crippen LogP contribution is -2.55. The maximum absolute atomic E-state index is 13.3. The molecule has 1 aliphatic rings. The summed E-state index contributed by atoms with van der Waals surface area (Å²) < 4.78 is 7.15. The van der Waals surface area contributed by atoms with E-state index >= 15 is 0 Å². The van der Waals surface area contributed by atoms with Crippen LogP contribution in [0, 0.1) is 0 Å². The Bertz CT molecular complexity index is 825. The second-order valence-corrected chi connectivity index (χ2v) is 8.02. The number of benzene rings is 1. The Labute approximate surface area is 167 Å². The summed E-state index contributed by atoms with van der Waals surface area (Å²) >= 11 is 0. The quantitative estimate of drug-likeness (QED) is 0.756. The van der Waals surface area contributed by atoms with E-state index in [1.165, 1.54) is 0 Å². The van der Waals surface area contributed by atoms with Crippen molar-refractivity contribution in [3.8, 4) is 0 Å². The van der Waals surface area contributed by atoms with E-state index in [-0.39, 0.29) is 11.6 Å². The van der Waals surface area contributed by atoms with Crippen LogP contribution < -0.4 is 10.9 Å². The fourth-order valence-corrected chi connectivity index (χ4v) is 4.33. The highest BCUT2D eigenvalue weighted by Gasteiger charge is 2.30. The first kappa shape index (κ1) is 21.0. The lowest BCUT2D eigenvalue weighted by molar-refractivity contribution is 0.105. The maximum atomic E-state index is 13.3. The highest BCUT2D eigenvalue weighted by atomic mass is 16.5. The lowest BCUT2D eigenvalue weighted by Gasteiger charge is -2.41. The van der Waals surface area contributed by atoms with Gasteiger partial charge in [0.25, 0.3) is 5.56 Å². The van der Waals surface area contributed by atoms with Crippen molar-refractivity contribution in [3.63, 3.8) is 0 Å². The average molecular weight is 387 g/mol. The molecule has 2 aromatic rings. The van der Waals surface area contributed by atoms with Crippen LogP contribution in [0.3, 0.4) is 0 Å². The summed E-state index contributed by atoms with van der Waals surface area (Å²) in [6.07, 6.45) is 3.25. The minimum Gasteiger partial charge on any atom is -0.383 e. The number of fused-ring (bicyclic) bond motifs is 1. The van der Waals surface area contributed by atoms with Crippen LogP contribution in [0.4, 0.5) is 0 Å². The Morgan fingerprint density at radius 2 is 1.96 bits per heavy atom. The van der Waals surface area contributed by atoms with Crippen LogP contribution >= 0.6 is 0 Å². The van der Waals surface area contributed by atoms with Gasteiger partial charge in [-0.15, -0.1) is 0 Å². The molecule has 0 saturated carbocycles. The average Bonchev–Trinajstić information content (AvgIpc) is 2.67. The highest BCUT2D eigenvalue weighted by Crippen LogP contribution is 2.27.